The molecule has 0 amide bonds. The molecule has 3 rings (SSSR count). The monoisotopic (exact) mass is 366 g/mol. The molecule has 2 N–H and O–H groups in total. The minimum absolute atomic E-state index is 0.00202. The second-order valence-electron chi connectivity index (χ2n) is 5.60. The number of benzene rings is 1. The zero-order chi connectivity index (χ0) is 17.3. The van der Waals surface area contributed by atoms with Crippen molar-refractivity contribution in [3.63, 3.8) is 0 Å². The zero-order valence-electron chi connectivity index (χ0n) is 13.4. The predicted octanol–water partition coefficient (Wildman–Crippen LogP) is 1.92. The van der Waals surface area contributed by atoms with Crippen LogP contribution in [0.25, 0.3) is 0 Å². The number of ether oxygens (including phenoxy) is 1. The van der Waals surface area contributed by atoms with E-state index in [2.05, 4.69) is 14.8 Å². The lowest BCUT2D eigenvalue weighted by Gasteiger charge is -2.09. The molecule has 1 aromatic heterocycles. The van der Waals surface area contributed by atoms with Crippen LogP contribution in [-0.4, -0.2) is 21.5 Å². The van der Waals surface area contributed by atoms with Gasteiger partial charge in [-0.1, -0.05) is 18.2 Å². The Balaban J connectivity index is 1.82. The molecule has 8 heteroatoms. The van der Waals surface area contributed by atoms with Crippen LogP contribution < -0.4 is 10.0 Å². The van der Waals surface area contributed by atoms with Gasteiger partial charge in [0.25, 0.3) is 0 Å². The number of rotatable bonds is 5. The minimum Gasteiger partial charge on any atom is -0.465 e. The molecule has 0 saturated heterocycles. The van der Waals surface area contributed by atoms with Gasteiger partial charge < -0.3 is 10.1 Å². The third kappa shape index (κ3) is 3.23. The molecular weight excluding hydrogens is 348 g/mol. The van der Waals surface area contributed by atoms with Crippen molar-refractivity contribution in [1.29, 1.82) is 0 Å². The fraction of sp³-hybridized carbons (Fsp3) is 0.312. The number of aryl methyl sites for hydroxylation is 1. The van der Waals surface area contributed by atoms with Gasteiger partial charge in [0.2, 0.25) is 10.0 Å². The largest absolute Gasteiger partial charge is 0.465 e. The first kappa shape index (κ1) is 17.1. The summed E-state index contributed by atoms with van der Waals surface area (Å²) in [5.41, 5.74) is 3.84. The molecular formula is C16H18N2O4S2. The molecule has 0 unspecified atom stereocenters. The second-order valence-corrected chi connectivity index (χ2v) is 8.18. The molecule has 6 nitrogen and oxygen atoms in total. The average Bonchev–Trinajstić information content (AvgIpc) is 3.18. The minimum atomic E-state index is -3.80. The van der Waals surface area contributed by atoms with E-state index in [0.717, 1.165) is 30.0 Å². The Kier molecular flexibility index (Phi) is 4.73. The highest BCUT2D eigenvalue weighted by molar-refractivity contribution is 7.89. The number of carbonyl (C=O) groups excluding carboxylic acids is 1. The van der Waals surface area contributed by atoms with Crippen LogP contribution in [0, 0.1) is 6.92 Å². The summed E-state index contributed by atoms with van der Waals surface area (Å²) in [6.45, 7) is 3.48. The van der Waals surface area contributed by atoms with E-state index in [1.807, 2.05) is 18.2 Å². The number of esters is 1. The Morgan fingerprint density at radius 2 is 2.08 bits per heavy atom. The quantitative estimate of drug-likeness (QED) is 0.790. The molecule has 1 aliphatic heterocycles. The van der Waals surface area contributed by atoms with Crippen molar-refractivity contribution >= 4 is 27.3 Å². The normalized spacial score (nSPS) is 13.8. The molecule has 0 radical (unpaired) electrons. The van der Waals surface area contributed by atoms with E-state index in [1.54, 1.807) is 12.3 Å². The highest BCUT2D eigenvalue weighted by atomic mass is 32.2. The molecule has 2 aromatic rings. The number of hydrogen-bond acceptors (Lipinski definition) is 6. The van der Waals surface area contributed by atoms with Gasteiger partial charge in [-0.25, -0.2) is 17.9 Å². The highest BCUT2D eigenvalue weighted by Gasteiger charge is 2.27. The van der Waals surface area contributed by atoms with Gasteiger partial charge in [0, 0.05) is 19.6 Å². The average molecular weight is 366 g/mol. The number of fused-ring (bicyclic) bond motifs is 1. The SMILES string of the molecule is COC(=O)c1scc(C)c1S(=O)(=O)NCc1ccc2c(c1)CNC2. The smallest absolute Gasteiger partial charge is 0.349 e. The van der Waals surface area contributed by atoms with Crippen molar-refractivity contribution < 1.29 is 17.9 Å². The Morgan fingerprint density at radius 1 is 1.33 bits per heavy atom. The first-order valence-electron chi connectivity index (χ1n) is 7.40. The van der Waals surface area contributed by atoms with Gasteiger partial charge in [-0.2, -0.15) is 0 Å². The molecule has 0 saturated carbocycles. The Hall–Kier alpha value is -1.74. The van der Waals surface area contributed by atoms with Gasteiger partial charge in [0.15, 0.2) is 0 Å². The van der Waals surface area contributed by atoms with Crippen LogP contribution in [0.4, 0.5) is 0 Å². The summed E-state index contributed by atoms with van der Waals surface area (Å²) in [4.78, 5) is 11.9. The number of sulfonamides is 1. The molecule has 0 atom stereocenters. The maximum Gasteiger partial charge on any atom is 0.349 e. The highest BCUT2D eigenvalue weighted by Crippen LogP contribution is 2.27. The van der Waals surface area contributed by atoms with Gasteiger partial charge in [-0.05, 0) is 34.6 Å². The standard InChI is InChI=1S/C16H18N2O4S2/c1-10-9-23-14(16(19)22-2)15(10)24(20,21)18-6-11-3-4-12-7-17-8-13(12)5-11/h3-5,9,17-18H,6-8H2,1-2H3. The number of methoxy groups -OCH3 is 1. The van der Waals surface area contributed by atoms with E-state index in [9.17, 15) is 13.2 Å². The van der Waals surface area contributed by atoms with Gasteiger partial charge in [0.05, 0.1) is 7.11 Å². The van der Waals surface area contributed by atoms with E-state index in [1.165, 1.54) is 18.2 Å². The molecule has 24 heavy (non-hydrogen) atoms. The summed E-state index contributed by atoms with van der Waals surface area (Å²) >= 11 is 1.07. The van der Waals surface area contributed by atoms with Crippen LogP contribution in [0.15, 0.2) is 28.5 Å². The van der Waals surface area contributed by atoms with E-state index in [0.29, 0.717) is 5.56 Å². The predicted molar refractivity (Wildman–Crippen MR) is 91.4 cm³/mol. The number of hydrogen-bond donors (Lipinski definition) is 2. The molecule has 0 aliphatic carbocycles. The van der Waals surface area contributed by atoms with Gasteiger partial charge in [0.1, 0.15) is 9.77 Å². The van der Waals surface area contributed by atoms with Crippen LogP contribution >= 0.6 is 11.3 Å². The van der Waals surface area contributed by atoms with Crippen molar-refractivity contribution in [3.8, 4) is 0 Å². The Labute approximate surface area is 144 Å². The number of nitrogens with one attached hydrogen (secondary N) is 2. The maximum absolute atomic E-state index is 12.6. The lowest BCUT2D eigenvalue weighted by Crippen LogP contribution is -2.25. The fourth-order valence-electron chi connectivity index (χ4n) is 2.71. The van der Waals surface area contributed by atoms with Crippen LogP contribution in [0.1, 0.15) is 31.9 Å². The van der Waals surface area contributed by atoms with Crippen molar-refractivity contribution in [1.82, 2.24) is 10.0 Å². The molecule has 1 aliphatic rings. The second kappa shape index (κ2) is 6.64. The molecule has 1 aromatic carbocycles. The third-order valence-electron chi connectivity index (χ3n) is 3.93. The van der Waals surface area contributed by atoms with Crippen LogP contribution in [0.3, 0.4) is 0 Å². The van der Waals surface area contributed by atoms with Crippen LogP contribution in [0.2, 0.25) is 0 Å². The molecule has 0 bridgehead atoms. The van der Waals surface area contributed by atoms with Crippen molar-refractivity contribution in [2.45, 2.75) is 31.5 Å². The Bertz CT molecular complexity index is 887. The van der Waals surface area contributed by atoms with E-state index >= 15 is 0 Å². The van der Waals surface area contributed by atoms with E-state index in [-0.39, 0.29) is 16.3 Å². The van der Waals surface area contributed by atoms with Gasteiger partial charge in [-0.15, -0.1) is 11.3 Å². The number of carbonyl (C=O) groups is 1. The summed E-state index contributed by atoms with van der Waals surface area (Å²) in [6.07, 6.45) is 0. The lowest BCUT2D eigenvalue weighted by atomic mass is 10.1. The van der Waals surface area contributed by atoms with Crippen molar-refractivity contribution in [2.75, 3.05) is 7.11 Å². The summed E-state index contributed by atoms with van der Waals surface area (Å²) in [7, 11) is -2.57. The molecule has 128 valence electrons. The van der Waals surface area contributed by atoms with Crippen molar-refractivity contribution in [2.24, 2.45) is 0 Å². The number of thiophene rings is 1. The van der Waals surface area contributed by atoms with Gasteiger partial charge >= 0.3 is 5.97 Å². The lowest BCUT2D eigenvalue weighted by molar-refractivity contribution is 0.0602. The van der Waals surface area contributed by atoms with E-state index in [4.69, 9.17) is 0 Å². The summed E-state index contributed by atoms with van der Waals surface area (Å²) in [5.74, 6) is -0.642. The maximum atomic E-state index is 12.6. The Morgan fingerprint density at radius 3 is 2.83 bits per heavy atom. The first-order chi connectivity index (χ1) is 11.4. The van der Waals surface area contributed by atoms with Crippen LogP contribution in [0.5, 0.6) is 0 Å². The molecule has 0 spiro atoms. The summed E-state index contributed by atoms with van der Waals surface area (Å²) < 4.78 is 32.5. The fourth-order valence-corrected chi connectivity index (χ4v) is 5.43. The molecule has 0 fully saturated rings. The topological polar surface area (TPSA) is 84.5 Å². The third-order valence-corrected chi connectivity index (χ3v) is 6.72. The summed E-state index contributed by atoms with van der Waals surface area (Å²) in [5, 5.41) is 4.90. The molecule has 2 heterocycles. The zero-order valence-corrected chi connectivity index (χ0v) is 15.0. The van der Waals surface area contributed by atoms with Crippen LogP contribution in [-0.2, 0) is 34.4 Å². The first-order valence-corrected chi connectivity index (χ1v) is 9.76. The van der Waals surface area contributed by atoms with E-state index < -0.39 is 16.0 Å². The summed E-state index contributed by atoms with van der Waals surface area (Å²) in [6, 6.07) is 5.92. The van der Waals surface area contributed by atoms with Crippen molar-refractivity contribution in [3.05, 3.63) is 50.7 Å². The van der Waals surface area contributed by atoms with Gasteiger partial charge in [-0.3, -0.25) is 0 Å².